The Morgan fingerprint density at radius 2 is 1.87 bits per heavy atom. The molecule has 1 amide bonds. The third kappa shape index (κ3) is 4.22. The van der Waals surface area contributed by atoms with Crippen molar-refractivity contribution in [1.82, 2.24) is 4.90 Å². The minimum absolute atomic E-state index is 0.0632. The maximum absolute atomic E-state index is 14.5. The van der Waals surface area contributed by atoms with Gasteiger partial charge in [-0.3, -0.25) is 4.79 Å². The Kier molecular flexibility index (Phi) is 6.10. The average Bonchev–Trinajstić information content (AvgIpc) is 3.55. The highest BCUT2D eigenvalue weighted by Crippen LogP contribution is 2.50. The van der Waals surface area contributed by atoms with Crippen LogP contribution in [0.1, 0.15) is 67.3 Å². The fourth-order valence-electron chi connectivity index (χ4n) is 5.45. The molecule has 0 saturated heterocycles. The van der Waals surface area contributed by atoms with Crippen LogP contribution in [-0.4, -0.2) is 34.6 Å². The van der Waals surface area contributed by atoms with Crippen molar-refractivity contribution in [2.24, 2.45) is 11.3 Å². The smallest absolute Gasteiger partial charge is 0.257 e. The molecule has 3 nitrogen and oxygen atoms in total. The van der Waals surface area contributed by atoms with Crippen molar-refractivity contribution >= 4 is 5.91 Å². The van der Waals surface area contributed by atoms with Crippen LogP contribution in [0.3, 0.4) is 0 Å². The molecule has 1 atom stereocenters. The number of benzene rings is 1. The highest BCUT2D eigenvalue weighted by Gasteiger charge is 2.45. The summed E-state index contributed by atoms with van der Waals surface area (Å²) < 4.78 is 27.9. The number of amides is 1. The van der Waals surface area contributed by atoms with Crippen LogP contribution in [0.5, 0.6) is 0 Å². The lowest BCUT2D eigenvalue weighted by Gasteiger charge is -2.47. The Labute approximate surface area is 177 Å². The number of aryl methyl sites for hydroxylation is 1. The van der Waals surface area contributed by atoms with Crippen molar-refractivity contribution in [2.75, 3.05) is 6.61 Å². The molecule has 0 aliphatic heterocycles. The first-order chi connectivity index (χ1) is 14.4. The molecule has 0 aromatic heterocycles. The van der Waals surface area contributed by atoms with Gasteiger partial charge >= 0.3 is 0 Å². The van der Waals surface area contributed by atoms with E-state index in [4.69, 9.17) is 0 Å². The van der Waals surface area contributed by atoms with Crippen LogP contribution < -0.4 is 0 Å². The first kappa shape index (κ1) is 21.2. The lowest BCUT2D eigenvalue weighted by Crippen LogP contribution is -2.47. The first-order valence-electron chi connectivity index (χ1n) is 11.2. The van der Waals surface area contributed by atoms with E-state index < -0.39 is 5.82 Å². The summed E-state index contributed by atoms with van der Waals surface area (Å²) in [6.07, 6.45) is 11.9. The summed E-state index contributed by atoms with van der Waals surface area (Å²) in [5.41, 5.74) is 0.904. The molecule has 162 valence electrons. The molecule has 1 aromatic carbocycles. The van der Waals surface area contributed by atoms with Crippen LogP contribution in [0.4, 0.5) is 8.78 Å². The lowest BCUT2D eigenvalue weighted by atomic mass is 9.61. The average molecular weight is 416 g/mol. The number of carbonyl (C=O) groups is 1. The van der Waals surface area contributed by atoms with E-state index in [0.717, 1.165) is 44.1 Å². The Bertz CT molecular complexity index is 851. The summed E-state index contributed by atoms with van der Waals surface area (Å²) in [4.78, 5) is 15.2. The molecule has 1 N–H and O–H groups in total. The summed E-state index contributed by atoms with van der Waals surface area (Å²) in [6, 6.07) is 5.12. The number of carbonyl (C=O) groups excluding carboxylic acids is 1. The SMILES string of the molecule is Cc1ccc(C(=O)N(C2CC2)[C@H]2CC[C@](CCO)(C3C=CC(F)=CC3)CC2)c(F)c1. The second kappa shape index (κ2) is 8.62. The van der Waals surface area contributed by atoms with E-state index in [-0.39, 0.29) is 47.3 Å². The zero-order chi connectivity index (χ0) is 21.3. The molecule has 4 rings (SSSR count). The number of halogens is 2. The standard InChI is InChI=1S/C25H31F2NO2/c1-17-2-9-22(23(27)16-17)24(30)28(20-7-8-20)21-10-12-25(13-11-21,14-15-29)18-3-5-19(26)6-4-18/h2-3,5-6,9,16,18,20-21,29H,4,7-8,10-15H2,1H3/t18?,21-,25-. The molecule has 0 spiro atoms. The normalized spacial score (nSPS) is 28.9. The van der Waals surface area contributed by atoms with Crippen molar-refractivity contribution in [3.63, 3.8) is 0 Å². The van der Waals surface area contributed by atoms with Gasteiger partial charge < -0.3 is 10.0 Å². The minimum Gasteiger partial charge on any atom is -0.396 e. The quantitative estimate of drug-likeness (QED) is 0.668. The summed E-state index contributed by atoms with van der Waals surface area (Å²) in [6.45, 7) is 1.93. The van der Waals surface area contributed by atoms with Gasteiger partial charge in [-0.2, -0.15) is 0 Å². The zero-order valence-electron chi connectivity index (χ0n) is 17.6. The molecular weight excluding hydrogens is 384 g/mol. The molecule has 0 heterocycles. The van der Waals surface area contributed by atoms with Crippen molar-refractivity contribution in [3.8, 4) is 0 Å². The van der Waals surface area contributed by atoms with Gasteiger partial charge in [0, 0.05) is 18.7 Å². The molecule has 0 bridgehead atoms. The highest BCUT2D eigenvalue weighted by atomic mass is 19.1. The summed E-state index contributed by atoms with van der Waals surface area (Å²) >= 11 is 0. The third-order valence-corrected chi connectivity index (χ3v) is 7.32. The molecule has 3 aliphatic carbocycles. The molecule has 2 fully saturated rings. The molecule has 0 radical (unpaired) electrons. The van der Waals surface area contributed by atoms with E-state index in [9.17, 15) is 18.7 Å². The van der Waals surface area contributed by atoms with Gasteiger partial charge in [0.2, 0.25) is 0 Å². The Morgan fingerprint density at radius 3 is 2.43 bits per heavy atom. The van der Waals surface area contributed by atoms with Crippen LogP contribution in [0.25, 0.3) is 0 Å². The fourth-order valence-corrected chi connectivity index (χ4v) is 5.45. The van der Waals surface area contributed by atoms with E-state index >= 15 is 0 Å². The van der Waals surface area contributed by atoms with Gasteiger partial charge in [-0.25, -0.2) is 8.78 Å². The summed E-state index contributed by atoms with van der Waals surface area (Å²) in [5, 5.41) is 9.71. The number of aliphatic hydroxyl groups excluding tert-OH is 1. The number of hydrogen-bond acceptors (Lipinski definition) is 2. The van der Waals surface area contributed by atoms with Gasteiger partial charge in [0.05, 0.1) is 5.56 Å². The minimum atomic E-state index is -0.447. The Balaban J connectivity index is 1.50. The molecule has 2 saturated carbocycles. The molecule has 30 heavy (non-hydrogen) atoms. The van der Waals surface area contributed by atoms with Crippen LogP contribution in [0.2, 0.25) is 0 Å². The predicted molar refractivity (Wildman–Crippen MR) is 113 cm³/mol. The fraction of sp³-hybridized carbons (Fsp3) is 0.560. The maximum Gasteiger partial charge on any atom is 0.257 e. The van der Waals surface area contributed by atoms with Crippen LogP contribution in [-0.2, 0) is 0 Å². The van der Waals surface area contributed by atoms with Crippen molar-refractivity contribution in [3.05, 3.63) is 59.2 Å². The number of allylic oxidation sites excluding steroid dienone is 4. The zero-order valence-corrected chi connectivity index (χ0v) is 17.6. The monoisotopic (exact) mass is 415 g/mol. The van der Waals surface area contributed by atoms with E-state index in [1.807, 2.05) is 17.9 Å². The first-order valence-corrected chi connectivity index (χ1v) is 11.2. The van der Waals surface area contributed by atoms with E-state index in [1.165, 1.54) is 6.07 Å². The predicted octanol–water partition coefficient (Wildman–Crippen LogP) is 5.48. The Morgan fingerprint density at radius 1 is 1.17 bits per heavy atom. The van der Waals surface area contributed by atoms with Crippen LogP contribution in [0, 0.1) is 24.1 Å². The molecule has 3 aliphatic rings. The van der Waals surface area contributed by atoms with Gasteiger partial charge in [-0.1, -0.05) is 12.1 Å². The summed E-state index contributed by atoms with van der Waals surface area (Å²) in [7, 11) is 0. The number of nitrogens with zero attached hydrogens (tertiary/aromatic N) is 1. The van der Waals surface area contributed by atoms with Crippen LogP contribution in [0.15, 0.2) is 42.3 Å². The van der Waals surface area contributed by atoms with Crippen molar-refractivity contribution in [1.29, 1.82) is 0 Å². The van der Waals surface area contributed by atoms with E-state index in [2.05, 4.69) is 0 Å². The highest BCUT2D eigenvalue weighted by molar-refractivity contribution is 5.95. The van der Waals surface area contributed by atoms with Crippen LogP contribution >= 0.6 is 0 Å². The van der Waals surface area contributed by atoms with Gasteiger partial charge in [-0.05, 0) is 99.5 Å². The lowest BCUT2D eigenvalue weighted by molar-refractivity contribution is 0.0293. The van der Waals surface area contributed by atoms with E-state index in [1.54, 1.807) is 24.3 Å². The number of hydrogen-bond donors (Lipinski definition) is 1. The molecule has 1 aromatic rings. The molecule has 5 heteroatoms. The molecule has 1 unspecified atom stereocenters. The largest absolute Gasteiger partial charge is 0.396 e. The Hall–Kier alpha value is -2.01. The number of rotatable bonds is 6. The van der Waals surface area contributed by atoms with Gasteiger partial charge in [0.25, 0.3) is 5.91 Å². The second-order valence-electron chi connectivity index (χ2n) is 9.28. The topological polar surface area (TPSA) is 40.5 Å². The van der Waals surface area contributed by atoms with E-state index in [0.29, 0.717) is 12.8 Å². The second-order valence-corrected chi connectivity index (χ2v) is 9.28. The van der Waals surface area contributed by atoms with Gasteiger partial charge in [0.1, 0.15) is 11.6 Å². The van der Waals surface area contributed by atoms with Gasteiger partial charge in [-0.15, -0.1) is 0 Å². The molecular formula is C25H31F2NO2. The summed E-state index contributed by atoms with van der Waals surface area (Å²) in [5.74, 6) is -0.621. The maximum atomic E-state index is 14.5. The third-order valence-electron chi connectivity index (χ3n) is 7.32. The van der Waals surface area contributed by atoms with Gasteiger partial charge in [0.15, 0.2) is 0 Å². The van der Waals surface area contributed by atoms with Crippen molar-refractivity contribution in [2.45, 2.75) is 70.4 Å². The van der Waals surface area contributed by atoms with Crippen molar-refractivity contribution < 1.29 is 18.7 Å². The number of aliphatic hydroxyl groups is 1.